The lowest BCUT2D eigenvalue weighted by Gasteiger charge is -2.33. The third-order valence-electron chi connectivity index (χ3n) is 5.14. The molecule has 1 atom stereocenters. The molecule has 28 heavy (non-hydrogen) atoms. The van der Waals surface area contributed by atoms with Crippen molar-refractivity contribution in [1.82, 2.24) is 14.8 Å². The minimum atomic E-state index is -0.281. The van der Waals surface area contributed by atoms with Crippen molar-refractivity contribution in [2.45, 2.75) is 12.8 Å². The first-order valence-corrected chi connectivity index (χ1v) is 10.0. The number of anilines is 1. The Morgan fingerprint density at radius 1 is 1.29 bits per heavy atom. The number of nitrogens with zero attached hydrogens (tertiary/aromatic N) is 3. The molecule has 7 nitrogen and oxygen atoms in total. The van der Waals surface area contributed by atoms with Crippen molar-refractivity contribution in [1.29, 1.82) is 0 Å². The molecule has 1 unspecified atom stereocenters. The van der Waals surface area contributed by atoms with Gasteiger partial charge < -0.3 is 10.2 Å². The summed E-state index contributed by atoms with van der Waals surface area (Å²) in [5.41, 5.74) is 1.88. The number of carbonyl (C=O) groups is 3. The predicted molar refractivity (Wildman–Crippen MR) is 107 cm³/mol. The molecule has 4 rings (SSSR count). The van der Waals surface area contributed by atoms with E-state index in [2.05, 4.69) is 16.9 Å². The Hall–Kier alpha value is -3.00. The highest BCUT2D eigenvalue weighted by Crippen LogP contribution is 2.31. The van der Waals surface area contributed by atoms with Gasteiger partial charge in [-0.25, -0.2) is 4.98 Å². The van der Waals surface area contributed by atoms with Gasteiger partial charge in [0.1, 0.15) is 6.54 Å². The lowest BCUT2D eigenvalue weighted by atomic mass is 9.97. The van der Waals surface area contributed by atoms with E-state index in [9.17, 15) is 14.4 Å². The minimum absolute atomic E-state index is 0.0623. The highest BCUT2D eigenvalue weighted by Gasteiger charge is 2.35. The van der Waals surface area contributed by atoms with Crippen LogP contribution in [0.1, 0.15) is 28.8 Å². The van der Waals surface area contributed by atoms with Crippen molar-refractivity contribution >= 4 is 39.9 Å². The Kier molecular flexibility index (Phi) is 4.95. The lowest BCUT2D eigenvalue weighted by molar-refractivity contribution is -0.134. The number of hydrogen-bond donors (Lipinski definition) is 1. The first-order chi connectivity index (χ1) is 13.5. The van der Waals surface area contributed by atoms with Crippen LogP contribution in [-0.4, -0.2) is 52.1 Å². The molecule has 8 heteroatoms. The van der Waals surface area contributed by atoms with Crippen molar-refractivity contribution in [2.24, 2.45) is 5.92 Å². The van der Waals surface area contributed by atoms with Crippen molar-refractivity contribution in [3.05, 3.63) is 53.5 Å². The highest BCUT2D eigenvalue weighted by molar-refractivity contribution is 7.13. The number of thiazole rings is 1. The summed E-state index contributed by atoms with van der Waals surface area (Å²) < 4.78 is 0. The largest absolute Gasteiger partial charge is 0.340 e. The summed E-state index contributed by atoms with van der Waals surface area (Å²) in [6.45, 7) is 4.84. The fourth-order valence-corrected chi connectivity index (χ4v) is 4.18. The summed E-state index contributed by atoms with van der Waals surface area (Å²) in [4.78, 5) is 45.1. The zero-order valence-electron chi connectivity index (χ0n) is 15.3. The maximum atomic E-state index is 12.8. The summed E-state index contributed by atoms with van der Waals surface area (Å²) in [5, 5.41) is 5.16. The third-order valence-corrected chi connectivity index (χ3v) is 5.83. The van der Waals surface area contributed by atoms with Crippen molar-refractivity contribution in [3.8, 4) is 0 Å². The van der Waals surface area contributed by atoms with Crippen molar-refractivity contribution in [2.75, 3.05) is 25.0 Å². The standard InChI is InChI=1S/C20H20N4O3S/c1-13-15-6-2-3-7-16(15)19(27)24(13)12-17(25)23-9-4-5-14(11-23)18(26)22-20-21-8-10-28-20/h2-3,6-8,10,14H,1,4-5,9,11-12H2,(H,21,22,26). The molecule has 0 saturated carbocycles. The molecule has 2 aliphatic heterocycles. The Morgan fingerprint density at radius 3 is 2.79 bits per heavy atom. The number of nitrogens with one attached hydrogen (secondary N) is 1. The molecule has 144 valence electrons. The van der Waals surface area contributed by atoms with E-state index >= 15 is 0 Å². The maximum Gasteiger partial charge on any atom is 0.259 e. The molecule has 3 heterocycles. The Morgan fingerprint density at radius 2 is 2.07 bits per heavy atom. The van der Waals surface area contributed by atoms with Gasteiger partial charge in [-0.1, -0.05) is 24.8 Å². The normalized spacial score (nSPS) is 18.9. The van der Waals surface area contributed by atoms with Gasteiger partial charge in [-0.05, 0) is 18.9 Å². The molecule has 1 fully saturated rings. The van der Waals surface area contributed by atoms with Crippen LogP contribution in [0.25, 0.3) is 5.70 Å². The van der Waals surface area contributed by atoms with Gasteiger partial charge in [0.25, 0.3) is 5.91 Å². The first-order valence-electron chi connectivity index (χ1n) is 9.13. The molecular formula is C20H20N4O3S. The van der Waals surface area contributed by atoms with Gasteiger partial charge in [0, 0.05) is 41.5 Å². The Balaban J connectivity index is 1.39. The quantitative estimate of drug-likeness (QED) is 0.861. The molecule has 1 aromatic carbocycles. The zero-order valence-corrected chi connectivity index (χ0v) is 16.1. The van der Waals surface area contributed by atoms with Gasteiger partial charge in [-0.3, -0.25) is 19.3 Å². The molecule has 0 radical (unpaired) electrons. The van der Waals surface area contributed by atoms with Crippen LogP contribution in [0.15, 0.2) is 42.4 Å². The second-order valence-corrected chi connectivity index (χ2v) is 7.78. The van der Waals surface area contributed by atoms with E-state index in [0.29, 0.717) is 29.5 Å². The second-order valence-electron chi connectivity index (χ2n) is 6.89. The van der Waals surface area contributed by atoms with Crippen LogP contribution in [0.3, 0.4) is 0 Å². The number of carbonyl (C=O) groups excluding carboxylic acids is 3. The van der Waals surface area contributed by atoms with Crippen LogP contribution in [0.2, 0.25) is 0 Å². The summed E-state index contributed by atoms with van der Waals surface area (Å²) >= 11 is 1.36. The van der Waals surface area contributed by atoms with E-state index < -0.39 is 0 Å². The maximum absolute atomic E-state index is 12.8. The van der Waals surface area contributed by atoms with Gasteiger partial charge in [-0.15, -0.1) is 11.3 Å². The fourth-order valence-electron chi connectivity index (χ4n) is 3.65. The third kappa shape index (κ3) is 3.43. The monoisotopic (exact) mass is 396 g/mol. The average Bonchev–Trinajstić information content (AvgIpc) is 3.31. The van der Waals surface area contributed by atoms with Gasteiger partial charge in [-0.2, -0.15) is 0 Å². The number of aromatic nitrogens is 1. The van der Waals surface area contributed by atoms with Crippen LogP contribution in [0.5, 0.6) is 0 Å². The number of likely N-dealkylation sites (tertiary alicyclic amines) is 1. The topological polar surface area (TPSA) is 82.6 Å². The van der Waals surface area contributed by atoms with E-state index in [1.807, 2.05) is 12.1 Å². The molecule has 1 N–H and O–H groups in total. The van der Waals surface area contributed by atoms with Crippen LogP contribution in [0, 0.1) is 5.92 Å². The average molecular weight is 396 g/mol. The number of hydrogen-bond acceptors (Lipinski definition) is 5. The van der Waals surface area contributed by atoms with Crippen molar-refractivity contribution in [3.63, 3.8) is 0 Å². The highest BCUT2D eigenvalue weighted by atomic mass is 32.1. The summed E-state index contributed by atoms with van der Waals surface area (Å²) in [7, 11) is 0. The molecule has 1 saturated heterocycles. The number of piperidine rings is 1. The van der Waals surface area contributed by atoms with Gasteiger partial charge >= 0.3 is 0 Å². The Labute approximate surface area is 166 Å². The van der Waals surface area contributed by atoms with E-state index in [1.165, 1.54) is 16.2 Å². The lowest BCUT2D eigenvalue weighted by Crippen LogP contribution is -2.47. The molecule has 0 bridgehead atoms. The number of rotatable bonds is 4. The number of fused-ring (bicyclic) bond motifs is 1. The first kappa shape index (κ1) is 18.4. The van der Waals surface area contributed by atoms with E-state index in [4.69, 9.17) is 0 Å². The van der Waals surface area contributed by atoms with Crippen LogP contribution in [-0.2, 0) is 9.59 Å². The number of benzene rings is 1. The van der Waals surface area contributed by atoms with Gasteiger partial charge in [0.05, 0.1) is 5.92 Å². The van der Waals surface area contributed by atoms with Crippen molar-refractivity contribution < 1.29 is 14.4 Å². The zero-order chi connectivity index (χ0) is 19.7. The second kappa shape index (κ2) is 7.55. The molecule has 1 aromatic heterocycles. The van der Waals surface area contributed by atoms with E-state index in [0.717, 1.165) is 18.4 Å². The summed E-state index contributed by atoms with van der Waals surface area (Å²) in [6, 6.07) is 7.22. The van der Waals surface area contributed by atoms with Gasteiger partial charge in [0.15, 0.2) is 5.13 Å². The molecular weight excluding hydrogens is 376 g/mol. The summed E-state index contributed by atoms with van der Waals surface area (Å²) in [6.07, 6.45) is 3.10. The molecule has 0 aliphatic carbocycles. The summed E-state index contributed by atoms with van der Waals surface area (Å²) in [5.74, 6) is -0.782. The minimum Gasteiger partial charge on any atom is -0.340 e. The number of amides is 3. The Bertz CT molecular complexity index is 906. The molecule has 3 amide bonds. The van der Waals surface area contributed by atoms with Crippen LogP contribution in [0.4, 0.5) is 5.13 Å². The van der Waals surface area contributed by atoms with Crippen LogP contribution >= 0.6 is 11.3 Å². The predicted octanol–water partition coefficient (Wildman–Crippen LogP) is 2.45. The van der Waals surface area contributed by atoms with Gasteiger partial charge in [0.2, 0.25) is 11.8 Å². The molecule has 2 aromatic rings. The molecule has 0 spiro atoms. The SMILES string of the molecule is C=C1c2ccccc2C(=O)N1CC(=O)N1CCCC(C(=O)Nc2nccs2)C1. The van der Waals surface area contributed by atoms with E-state index in [1.54, 1.807) is 28.6 Å². The molecule has 2 aliphatic rings. The van der Waals surface area contributed by atoms with Crippen LogP contribution < -0.4 is 5.32 Å². The van der Waals surface area contributed by atoms with E-state index in [-0.39, 0.29) is 30.2 Å². The smallest absolute Gasteiger partial charge is 0.259 e. The fraction of sp³-hybridized carbons (Fsp3) is 0.300.